The topological polar surface area (TPSA) is 81.4 Å². The highest BCUT2D eigenvalue weighted by Gasteiger charge is 2.23. The van der Waals surface area contributed by atoms with Crippen molar-refractivity contribution >= 4 is 27.7 Å². The normalized spacial score (nSPS) is 14.2. The molecule has 8 nitrogen and oxygen atoms in total. The lowest BCUT2D eigenvalue weighted by Crippen LogP contribution is -2.32. The minimum absolute atomic E-state index is 0.253. The standard InChI is InChI=1S/C26H29N5O3/c1-29-21-9-4-3-8-20(21)22-23(25(32)27-14-7-17-30-15-5-6-16-30)28-31(26(33)24(22)29)18-10-12-19(34-2)13-11-18/h3-4,8-13H,5-7,14-17H2,1-2H3,(H,27,32). The lowest BCUT2D eigenvalue weighted by Gasteiger charge is -2.14. The number of benzene rings is 2. The van der Waals surface area contributed by atoms with E-state index in [2.05, 4.69) is 15.3 Å². The third-order valence-electron chi connectivity index (χ3n) is 6.61. The fourth-order valence-electron chi connectivity index (χ4n) is 4.83. The van der Waals surface area contributed by atoms with Gasteiger partial charge in [-0.3, -0.25) is 9.59 Å². The highest BCUT2D eigenvalue weighted by Crippen LogP contribution is 2.28. The molecular formula is C26H29N5O3. The van der Waals surface area contributed by atoms with Crippen molar-refractivity contribution in [3.63, 3.8) is 0 Å². The molecule has 0 bridgehead atoms. The Morgan fingerprint density at radius 3 is 2.56 bits per heavy atom. The second kappa shape index (κ2) is 9.30. The van der Waals surface area contributed by atoms with E-state index in [0.29, 0.717) is 28.9 Å². The summed E-state index contributed by atoms with van der Waals surface area (Å²) in [5.74, 6) is 0.406. The molecule has 176 valence electrons. The molecule has 4 aromatic rings. The minimum Gasteiger partial charge on any atom is -0.497 e. The Morgan fingerprint density at radius 1 is 1.09 bits per heavy atom. The van der Waals surface area contributed by atoms with Gasteiger partial charge in [-0.1, -0.05) is 18.2 Å². The van der Waals surface area contributed by atoms with Gasteiger partial charge in [-0.15, -0.1) is 0 Å². The van der Waals surface area contributed by atoms with Crippen LogP contribution in [0.3, 0.4) is 0 Å². The Hall–Kier alpha value is -3.65. The number of nitrogens with one attached hydrogen (secondary N) is 1. The molecule has 1 saturated heterocycles. The first kappa shape index (κ1) is 22.2. The van der Waals surface area contributed by atoms with Gasteiger partial charge >= 0.3 is 0 Å². The van der Waals surface area contributed by atoms with E-state index in [1.54, 1.807) is 31.4 Å². The molecule has 8 heteroatoms. The lowest BCUT2D eigenvalue weighted by molar-refractivity contribution is 0.0947. The van der Waals surface area contributed by atoms with E-state index in [-0.39, 0.29) is 17.2 Å². The molecule has 1 fully saturated rings. The van der Waals surface area contributed by atoms with Gasteiger partial charge in [0.25, 0.3) is 11.5 Å². The van der Waals surface area contributed by atoms with Crippen molar-refractivity contribution in [1.82, 2.24) is 24.6 Å². The number of nitrogens with zero attached hydrogens (tertiary/aromatic N) is 4. The Kier molecular flexibility index (Phi) is 6.06. The van der Waals surface area contributed by atoms with Gasteiger partial charge in [0.2, 0.25) is 0 Å². The number of ether oxygens (including phenoxy) is 1. The van der Waals surface area contributed by atoms with Crippen LogP contribution in [0.4, 0.5) is 0 Å². The zero-order valence-electron chi connectivity index (χ0n) is 19.6. The fourth-order valence-corrected chi connectivity index (χ4v) is 4.83. The summed E-state index contributed by atoms with van der Waals surface area (Å²) in [5, 5.41) is 9.04. The first-order valence-electron chi connectivity index (χ1n) is 11.7. The molecule has 1 N–H and O–H groups in total. The molecule has 0 unspecified atom stereocenters. The number of aryl methyl sites for hydroxylation is 1. The number of methoxy groups -OCH3 is 1. The second-order valence-electron chi connectivity index (χ2n) is 8.72. The second-order valence-corrected chi connectivity index (χ2v) is 8.72. The van der Waals surface area contributed by atoms with Crippen molar-refractivity contribution in [2.75, 3.05) is 33.3 Å². The summed E-state index contributed by atoms with van der Waals surface area (Å²) in [4.78, 5) is 29.4. The van der Waals surface area contributed by atoms with E-state index in [9.17, 15) is 9.59 Å². The highest BCUT2D eigenvalue weighted by molar-refractivity contribution is 6.16. The van der Waals surface area contributed by atoms with Gasteiger partial charge in [0.1, 0.15) is 11.3 Å². The van der Waals surface area contributed by atoms with Crippen molar-refractivity contribution in [3.05, 3.63) is 64.6 Å². The Labute approximate surface area is 197 Å². The summed E-state index contributed by atoms with van der Waals surface area (Å²) >= 11 is 0. The largest absolute Gasteiger partial charge is 0.497 e. The van der Waals surface area contributed by atoms with E-state index in [1.807, 2.05) is 35.9 Å². The van der Waals surface area contributed by atoms with Crippen molar-refractivity contribution < 1.29 is 9.53 Å². The van der Waals surface area contributed by atoms with Crippen LogP contribution in [-0.2, 0) is 7.05 Å². The number of rotatable bonds is 7. The summed E-state index contributed by atoms with van der Waals surface area (Å²) in [6, 6.07) is 14.8. The highest BCUT2D eigenvalue weighted by atomic mass is 16.5. The SMILES string of the molecule is COc1ccc(-n2nc(C(=O)NCCCN3CCCC3)c3c4ccccc4n(C)c3c2=O)cc1. The molecular weight excluding hydrogens is 430 g/mol. The zero-order chi connectivity index (χ0) is 23.7. The average molecular weight is 460 g/mol. The quantitative estimate of drug-likeness (QED) is 0.430. The maximum absolute atomic E-state index is 13.6. The monoisotopic (exact) mass is 459 g/mol. The summed E-state index contributed by atoms with van der Waals surface area (Å²) in [7, 11) is 3.44. The van der Waals surface area contributed by atoms with Gasteiger partial charge in [0.05, 0.1) is 12.8 Å². The van der Waals surface area contributed by atoms with Gasteiger partial charge in [0.15, 0.2) is 5.69 Å². The van der Waals surface area contributed by atoms with Gasteiger partial charge in [-0.05, 0) is 69.2 Å². The van der Waals surface area contributed by atoms with Crippen molar-refractivity contribution in [3.8, 4) is 11.4 Å². The first-order valence-corrected chi connectivity index (χ1v) is 11.7. The summed E-state index contributed by atoms with van der Waals surface area (Å²) in [6.45, 7) is 3.81. The molecule has 5 rings (SSSR count). The van der Waals surface area contributed by atoms with Crippen molar-refractivity contribution in [1.29, 1.82) is 0 Å². The van der Waals surface area contributed by atoms with Gasteiger partial charge in [0, 0.05) is 29.9 Å². The number of carbonyl (C=O) groups excluding carboxylic acids is 1. The van der Waals surface area contributed by atoms with E-state index in [1.165, 1.54) is 17.5 Å². The summed E-state index contributed by atoms with van der Waals surface area (Å²) in [6.07, 6.45) is 3.38. The van der Waals surface area contributed by atoms with E-state index < -0.39 is 0 Å². The maximum atomic E-state index is 13.6. The lowest BCUT2D eigenvalue weighted by atomic mass is 10.1. The number of likely N-dealkylation sites (tertiary alicyclic amines) is 1. The molecule has 0 atom stereocenters. The molecule has 2 aromatic heterocycles. The fraction of sp³-hybridized carbons (Fsp3) is 0.346. The van der Waals surface area contributed by atoms with Crippen LogP contribution >= 0.6 is 0 Å². The molecule has 34 heavy (non-hydrogen) atoms. The Bertz CT molecular complexity index is 1400. The van der Waals surface area contributed by atoms with Gasteiger partial charge < -0.3 is 19.5 Å². The van der Waals surface area contributed by atoms with Gasteiger partial charge in [-0.2, -0.15) is 9.78 Å². The van der Waals surface area contributed by atoms with E-state index >= 15 is 0 Å². The smallest absolute Gasteiger partial charge is 0.296 e. The third-order valence-corrected chi connectivity index (χ3v) is 6.61. The maximum Gasteiger partial charge on any atom is 0.296 e. The van der Waals surface area contributed by atoms with Crippen LogP contribution in [-0.4, -0.2) is 58.4 Å². The number of hydrogen-bond donors (Lipinski definition) is 1. The zero-order valence-corrected chi connectivity index (χ0v) is 19.6. The molecule has 0 spiro atoms. The predicted octanol–water partition coefficient (Wildman–Crippen LogP) is 3.10. The van der Waals surface area contributed by atoms with Crippen LogP contribution in [0.15, 0.2) is 53.3 Å². The molecule has 2 aromatic carbocycles. The van der Waals surface area contributed by atoms with Crippen LogP contribution in [0.5, 0.6) is 5.75 Å². The first-order chi connectivity index (χ1) is 16.6. The van der Waals surface area contributed by atoms with Crippen LogP contribution in [0.2, 0.25) is 0 Å². The summed E-state index contributed by atoms with van der Waals surface area (Å²) in [5.41, 5.74) is 1.88. The van der Waals surface area contributed by atoms with E-state index in [0.717, 1.165) is 37.0 Å². The average Bonchev–Trinajstić information content (AvgIpc) is 3.49. The van der Waals surface area contributed by atoms with Crippen molar-refractivity contribution in [2.45, 2.75) is 19.3 Å². The Morgan fingerprint density at radius 2 is 1.82 bits per heavy atom. The number of para-hydroxylation sites is 1. The number of amides is 1. The Balaban J connectivity index is 1.56. The molecule has 0 aliphatic carbocycles. The van der Waals surface area contributed by atoms with E-state index in [4.69, 9.17) is 4.74 Å². The van der Waals surface area contributed by atoms with Crippen LogP contribution < -0.4 is 15.6 Å². The molecule has 1 aliphatic heterocycles. The minimum atomic E-state index is -0.274. The predicted molar refractivity (Wildman–Crippen MR) is 133 cm³/mol. The number of fused-ring (bicyclic) bond motifs is 3. The molecule has 1 amide bonds. The molecule has 3 heterocycles. The van der Waals surface area contributed by atoms with Crippen molar-refractivity contribution in [2.24, 2.45) is 7.05 Å². The number of carbonyl (C=O) groups is 1. The van der Waals surface area contributed by atoms with Gasteiger partial charge in [-0.25, -0.2) is 0 Å². The summed E-state index contributed by atoms with van der Waals surface area (Å²) < 4.78 is 8.39. The molecule has 0 radical (unpaired) electrons. The third kappa shape index (κ3) is 3.94. The van der Waals surface area contributed by atoms with Crippen LogP contribution in [0, 0.1) is 0 Å². The number of aromatic nitrogens is 3. The van der Waals surface area contributed by atoms with Crippen LogP contribution in [0.1, 0.15) is 29.8 Å². The molecule has 0 saturated carbocycles. The number of hydrogen-bond acceptors (Lipinski definition) is 5. The van der Waals surface area contributed by atoms with Crippen LogP contribution in [0.25, 0.3) is 27.5 Å². The molecule has 1 aliphatic rings.